The molecule has 0 spiro atoms. The summed E-state index contributed by atoms with van der Waals surface area (Å²) in [5.41, 5.74) is 7.21. The van der Waals surface area contributed by atoms with Crippen LogP contribution < -0.4 is 16.2 Å². The maximum Gasteiger partial charge on any atom is 0.271 e. The highest BCUT2D eigenvalue weighted by Gasteiger charge is 2.10. The van der Waals surface area contributed by atoms with Gasteiger partial charge < -0.3 is 5.32 Å². The van der Waals surface area contributed by atoms with Crippen LogP contribution in [0.15, 0.2) is 42.7 Å². The standard InChI is InChI=1S/C17H18N4O3/c1-11-6-12(2)8-14(7-11)16(23)19-10-15(22)20-21-17(24)13-4-3-5-18-9-13/h3-9H,10H2,1-2H3,(H,19,23)(H,20,22)(H,21,24). The molecule has 0 aliphatic carbocycles. The van der Waals surface area contributed by atoms with E-state index in [1.54, 1.807) is 24.3 Å². The van der Waals surface area contributed by atoms with Crippen LogP contribution >= 0.6 is 0 Å². The van der Waals surface area contributed by atoms with Crippen molar-refractivity contribution < 1.29 is 14.4 Å². The molecule has 0 saturated heterocycles. The van der Waals surface area contributed by atoms with Gasteiger partial charge in [-0.3, -0.25) is 30.2 Å². The molecule has 7 nitrogen and oxygen atoms in total. The van der Waals surface area contributed by atoms with E-state index in [4.69, 9.17) is 0 Å². The molecule has 0 aliphatic heterocycles. The zero-order chi connectivity index (χ0) is 17.5. The molecule has 24 heavy (non-hydrogen) atoms. The number of nitrogens with one attached hydrogen (secondary N) is 3. The molecule has 124 valence electrons. The monoisotopic (exact) mass is 326 g/mol. The van der Waals surface area contributed by atoms with Crippen LogP contribution in [-0.2, 0) is 4.79 Å². The van der Waals surface area contributed by atoms with E-state index < -0.39 is 11.8 Å². The smallest absolute Gasteiger partial charge is 0.271 e. The van der Waals surface area contributed by atoms with E-state index in [1.807, 2.05) is 19.9 Å². The Bertz CT molecular complexity index is 739. The zero-order valence-electron chi connectivity index (χ0n) is 13.4. The number of aryl methyl sites for hydroxylation is 2. The fourth-order valence-electron chi connectivity index (χ4n) is 2.11. The van der Waals surface area contributed by atoms with Crippen molar-refractivity contribution in [1.82, 2.24) is 21.2 Å². The Hall–Kier alpha value is -3.22. The van der Waals surface area contributed by atoms with Crippen LogP contribution in [0.5, 0.6) is 0 Å². The average molecular weight is 326 g/mol. The normalized spacial score (nSPS) is 9.92. The van der Waals surface area contributed by atoms with Crippen LogP contribution in [0.4, 0.5) is 0 Å². The predicted molar refractivity (Wildman–Crippen MR) is 88.1 cm³/mol. The number of rotatable bonds is 4. The minimum atomic E-state index is -0.537. The van der Waals surface area contributed by atoms with Gasteiger partial charge in [-0.05, 0) is 38.1 Å². The zero-order valence-corrected chi connectivity index (χ0v) is 13.4. The summed E-state index contributed by atoms with van der Waals surface area (Å²) in [7, 11) is 0. The number of hydrogen-bond donors (Lipinski definition) is 3. The predicted octanol–water partition coefficient (Wildman–Crippen LogP) is 0.889. The lowest BCUT2D eigenvalue weighted by Crippen LogP contribution is -2.46. The Morgan fingerprint density at radius 2 is 1.67 bits per heavy atom. The molecule has 1 aromatic carbocycles. The van der Waals surface area contributed by atoms with Gasteiger partial charge in [0.05, 0.1) is 12.1 Å². The van der Waals surface area contributed by atoms with Crippen LogP contribution in [0.3, 0.4) is 0 Å². The van der Waals surface area contributed by atoms with Crippen molar-refractivity contribution in [3.8, 4) is 0 Å². The van der Waals surface area contributed by atoms with Crippen molar-refractivity contribution in [2.24, 2.45) is 0 Å². The van der Waals surface area contributed by atoms with Crippen LogP contribution in [0, 0.1) is 13.8 Å². The summed E-state index contributed by atoms with van der Waals surface area (Å²) in [5, 5.41) is 2.50. The minimum Gasteiger partial charge on any atom is -0.343 e. The van der Waals surface area contributed by atoms with Crippen LogP contribution in [0.2, 0.25) is 0 Å². The molecule has 0 unspecified atom stereocenters. The van der Waals surface area contributed by atoms with Gasteiger partial charge in [0.1, 0.15) is 0 Å². The molecule has 0 atom stereocenters. The third-order valence-corrected chi connectivity index (χ3v) is 3.13. The number of carbonyl (C=O) groups is 3. The molecule has 0 radical (unpaired) electrons. The van der Waals surface area contributed by atoms with Crippen molar-refractivity contribution in [2.45, 2.75) is 13.8 Å². The fourth-order valence-corrected chi connectivity index (χ4v) is 2.11. The van der Waals surface area contributed by atoms with Gasteiger partial charge in [-0.2, -0.15) is 0 Å². The number of hydrazine groups is 1. The Morgan fingerprint density at radius 3 is 2.29 bits per heavy atom. The SMILES string of the molecule is Cc1cc(C)cc(C(=O)NCC(=O)NNC(=O)c2cccnc2)c1. The van der Waals surface area contributed by atoms with Gasteiger partial charge in [0.2, 0.25) is 0 Å². The quantitative estimate of drug-likeness (QED) is 0.726. The largest absolute Gasteiger partial charge is 0.343 e. The van der Waals surface area contributed by atoms with Crippen LogP contribution in [0.1, 0.15) is 31.8 Å². The molecule has 1 heterocycles. The van der Waals surface area contributed by atoms with Gasteiger partial charge >= 0.3 is 0 Å². The van der Waals surface area contributed by atoms with Crippen molar-refractivity contribution in [3.05, 3.63) is 65.0 Å². The van der Waals surface area contributed by atoms with E-state index in [9.17, 15) is 14.4 Å². The van der Waals surface area contributed by atoms with Gasteiger partial charge in [0.15, 0.2) is 0 Å². The summed E-state index contributed by atoms with van der Waals surface area (Å²) in [6.45, 7) is 3.54. The Labute approximate surface area is 139 Å². The van der Waals surface area contributed by atoms with Gasteiger partial charge in [-0.25, -0.2) is 0 Å². The third kappa shape index (κ3) is 4.91. The van der Waals surface area contributed by atoms with E-state index >= 15 is 0 Å². The van der Waals surface area contributed by atoms with Crippen LogP contribution in [-0.4, -0.2) is 29.3 Å². The number of aromatic nitrogens is 1. The minimum absolute atomic E-state index is 0.251. The number of benzene rings is 1. The first kappa shape index (κ1) is 17.1. The van der Waals surface area contributed by atoms with Crippen molar-refractivity contribution in [1.29, 1.82) is 0 Å². The number of amides is 3. The number of hydrogen-bond acceptors (Lipinski definition) is 4. The molecule has 3 amide bonds. The van der Waals surface area contributed by atoms with E-state index in [2.05, 4.69) is 21.2 Å². The molecule has 0 bridgehead atoms. The lowest BCUT2D eigenvalue weighted by atomic mass is 10.1. The molecule has 7 heteroatoms. The number of nitrogens with zero attached hydrogens (tertiary/aromatic N) is 1. The molecular formula is C17H18N4O3. The second-order valence-electron chi connectivity index (χ2n) is 5.30. The first-order valence-corrected chi connectivity index (χ1v) is 7.31. The van der Waals surface area contributed by atoms with Gasteiger partial charge in [0, 0.05) is 18.0 Å². The maximum absolute atomic E-state index is 12.0. The van der Waals surface area contributed by atoms with Crippen molar-refractivity contribution in [3.63, 3.8) is 0 Å². The highest BCUT2D eigenvalue weighted by molar-refractivity contribution is 5.98. The molecule has 2 aromatic rings. The summed E-state index contributed by atoms with van der Waals surface area (Å²) in [6, 6.07) is 8.61. The summed E-state index contributed by atoms with van der Waals surface area (Å²) >= 11 is 0. The Balaban J connectivity index is 1.80. The first-order chi connectivity index (χ1) is 11.5. The number of pyridine rings is 1. The Morgan fingerprint density at radius 1 is 0.958 bits per heavy atom. The molecular weight excluding hydrogens is 308 g/mol. The highest BCUT2D eigenvalue weighted by atomic mass is 16.2. The fraction of sp³-hybridized carbons (Fsp3) is 0.176. The van der Waals surface area contributed by atoms with Gasteiger partial charge in [-0.1, -0.05) is 17.2 Å². The van der Waals surface area contributed by atoms with E-state index in [1.165, 1.54) is 12.4 Å². The topological polar surface area (TPSA) is 100 Å². The van der Waals surface area contributed by atoms with Crippen molar-refractivity contribution >= 4 is 17.7 Å². The Kier molecular flexibility index (Phi) is 5.62. The van der Waals surface area contributed by atoms with Crippen LogP contribution in [0.25, 0.3) is 0 Å². The van der Waals surface area contributed by atoms with E-state index in [-0.39, 0.29) is 12.5 Å². The van der Waals surface area contributed by atoms with Gasteiger partial charge in [0.25, 0.3) is 17.7 Å². The van der Waals surface area contributed by atoms with E-state index in [0.29, 0.717) is 11.1 Å². The summed E-state index contributed by atoms with van der Waals surface area (Å²) in [4.78, 5) is 39.3. The molecule has 2 rings (SSSR count). The second-order valence-corrected chi connectivity index (χ2v) is 5.30. The summed E-state index contributed by atoms with van der Waals surface area (Å²) in [5.74, 6) is -1.38. The third-order valence-electron chi connectivity index (χ3n) is 3.13. The number of carbonyl (C=O) groups excluding carboxylic acids is 3. The van der Waals surface area contributed by atoms with E-state index in [0.717, 1.165) is 11.1 Å². The first-order valence-electron chi connectivity index (χ1n) is 7.31. The maximum atomic E-state index is 12.0. The summed E-state index contributed by atoms with van der Waals surface area (Å²) in [6.07, 6.45) is 2.92. The lowest BCUT2D eigenvalue weighted by Gasteiger charge is -2.09. The molecule has 0 fully saturated rings. The molecule has 0 saturated carbocycles. The second kappa shape index (κ2) is 7.87. The summed E-state index contributed by atoms with van der Waals surface area (Å²) < 4.78 is 0. The van der Waals surface area contributed by atoms with Gasteiger partial charge in [-0.15, -0.1) is 0 Å². The highest BCUT2D eigenvalue weighted by Crippen LogP contribution is 2.08. The molecule has 1 aromatic heterocycles. The average Bonchev–Trinajstić information content (AvgIpc) is 2.57. The van der Waals surface area contributed by atoms with Crippen molar-refractivity contribution in [2.75, 3.05) is 6.54 Å². The lowest BCUT2D eigenvalue weighted by molar-refractivity contribution is -0.120. The molecule has 0 aliphatic rings. The molecule has 3 N–H and O–H groups in total.